The molecular formula is C17H21N7O. The lowest BCUT2D eigenvalue weighted by atomic mass is 10.3. The van der Waals surface area contributed by atoms with E-state index >= 15 is 0 Å². The second-order valence-corrected chi connectivity index (χ2v) is 7.01. The maximum absolute atomic E-state index is 6.23. The number of hydrogen-bond donors (Lipinski definition) is 0. The van der Waals surface area contributed by atoms with Crippen LogP contribution >= 0.6 is 0 Å². The van der Waals surface area contributed by atoms with Crippen LogP contribution in [0.5, 0.6) is 0 Å². The van der Waals surface area contributed by atoms with Crippen LogP contribution in [0, 0.1) is 12.8 Å². The summed E-state index contributed by atoms with van der Waals surface area (Å²) >= 11 is 0. The smallest absolute Gasteiger partial charge is 0.254 e. The average molecular weight is 339 g/mol. The molecule has 1 fully saturated rings. The molecule has 3 aromatic rings. The Morgan fingerprint density at radius 3 is 3.04 bits per heavy atom. The van der Waals surface area contributed by atoms with E-state index in [0.29, 0.717) is 5.78 Å². The van der Waals surface area contributed by atoms with E-state index in [-0.39, 0.29) is 6.10 Å². The van der Waals surface area contributed by atoms with Crippen LogP contribution in [-0.4, -0.2) is 48.6 Å². The molecule has 4 heterocycles. The van der Waals surface area contributed by atoms with Gasteiger partial charge in [0.05, 0.1) is 24.9 Å². The molecule has 0 amide bonds. The van der Waals surface area contributed by atoms with Crippen molar-refractivity contribution in [2.24, 2.45) is 5.92 Å². The fraction of sp³-hybridized carbons (Fsp3) is 0.529. The highest BCUT2D eigenvalue weighted by Crippen LogP contribution is 2.30. The van der Waals surface area contributed by atoms with E-state index in [1.165, 1.54) is 18.5 Å². The van der Waals surface area contributed by atoms with E-state index in [1.54, 1.807) is 10.8 Å². The summed E-state index contributed by atoms with van der Waals surface area (Å²) in [6.07, 6.45) is 6.11. The van der Waals surface area contributed by atoms with Crippen molar-refractivity contribution >= 4 is 11.6 Å². The zero-order chi connectivity index (χ0) is 16.8. The Hall–Kier alpha value is -2.48. The number of ether oxygens (including phenoxy) is 1. The van der Waals surface area contributed by atoms with Gasteiger partial charge in [-0.15, -0.1) is 0 Å². The molecule has 1 aliphatic carbocycles. The van der Waals surface area contributed by atoms with E-state index < -0.39 is 0 Å². The third-order valence-corrected chi connectivity index (χ3v) is 4.91. The first-order valence-electron chi connectivity index (χ1n) is 8.81. The van der Waals surface area contributed by atoms with Crippen LogP contribution in [0.4, 0.5) is 5.82 Å². The number of aryl methyl sites for hydroxylation is 1. The minimum atomic E-state index is 0.105. The molecule has 0 aromatic carbocycles. The maximum Gasteiger partial charge on any atom is 0.254 e. The molecule has 25 heavy (non-hydrogen) atoms. The standard InChI is InChI=1S/C17H21N7O/c1-12-6-16(24-17(21-12)18-11-20-24)22-7-14-4-5-19-23(14)9-15(8-22)25-10-13-2-3-13/h4-6,11,13,15H,2-3,7-10H2,1H3/t15-/m0/s1. The zero-order valence-corrected chi connectivity index (χ0v) is 14.2. The van der Waals surface area contributed by atoms with Gasteiger partial charge >= 0.3 is 0 Å². The normalized spacial score (nSPS) is 20.7. The molecular weight excluding hydrogens is 318 g/mol. The first kappa shape index (κ1) is 14.8. The van der Waals surface area contributed by atoms with E-state index in [2.05, 4.69) is 41.9 Å². The van der Waals surface area contributed by atoms with Crippen molar-refractivity contribution in [1.29, 1.82) is 0 Å². The van der Waals surface area contributed by atoms with Gasteiger partial charge in [-0.1, -0.05) is 0 Å². The van der Waals surface area contributed by atoms with Gasteiger partial charge in [-0.25, -0.2) is 4.98 Å². The maximum atomic E-state index is 6.23. The van der Waals surface area contributed by atoms with Crippen molar-refractivity contribution < 1.29 is 4.74 Å². The van der Waals surface area contributed by atoms with Crippen molar-refractivity contribution in [1.82, 2.24) is 29.4 Å². The highest BCUT2D eigenvalue weighted by molar-refractivity contribution is 5.47. The minimum Gasteiger partial charge on any atom is -0.374 e. The predicted molar refractivity (Wildman–Crippen MR) is 91.3 cm³/mol. The van der Waals surface area contributed by atoms with Gasteiger partial charge in [0.1, 0.15) is 12.1 Å². The lowest BCUT2D eigenvalue weighted by Crippen LogP contribution is -2.34. The number of hydrogen-bond acceptors (Lipinski definition) is 6. The molecule has 3 aromatic heterocycles. The number of anilines is 1. The number of aromatic nitrogens is 6. The first-order valence-corrected chi connectivity index (χ1v) is 8.81. The first-order chi connectivity index (χ1) is 12.3. The molecule has 8 nitrogen and oxygen atoms in total. The largest absolute Gasteiger partial charge is 0.374 e. The molecule has 0 saturated heterocycles. The van der Waals surface area contributed by atoms with Crippen LogP contribution in [0.2, 0.25) is 0 Å². The fourth-order valence-corrected chi connectivity index (χ4v) is 3.39. The van der Waals surface area contributed by atoms with E-state index in [1.807, 2.05) is 13.1 Å². The lowest BCUT2D eigenvalue weighted by molar-refractivity contribution is 0.0392. The highest BCUT2D eigenvalue weighted by atomic mass is 16.5. The number of nitrogens with zero attached hydrogens (tertiary/aromatic N) is 7. The summed E-state index contributed by atoms with van der Waals surface area (Å²) in [5.74, 6) is 2.37. The average Bonchev–Trinajstić information content (AvgIpc) is 3.20. The Kier molecular flexibility index (Phi) is 3.44. The van der Waals surface area contributed by atoms with Gasteiger partial charge in [0.15, 0.2) is 0 Å². The highest BCUT2D eigenvalue weighted by Gasteiger charge is 2.28. The lowest BCUT2D eigenvalue weighted by Gasteiger charge is -2.26. The van der Waals surface area contributed by atoms with Crippen LogP contribution in [0.1, 0.15) is 24.2 Å². The van der Waals surface area contributed by atoms with Gasteiger partial charge in [-0.05, 0) is 31.7 Å². The molecule has 0 N–H and O–H groups in total. The summed E-state index contributed by atoms with van der Waals surface area (Å²) in [4.78, 5) is 11.0. The Morgan fingerprint density at radius 1 is 1.24 bits per heavy atom. The van der Waals surface area contributed by atoms with Gasteiger partial charge in [0.25, 0.3) is 5.78 Å². The molecule has 130 valence electrons. The van der Waals surface area contributed by atoms with Gasteiger partial charge in [-0.3, -0.25) is 4.68 Å². The summed E-state index contributed by atoms with van der Waals surface area (Å²) in [6, 6.07) is 4.13. The molecule has 2 aliphatic rings. The molecule has 1 saturated carbocycles. The van der Waals surface area contributed by atoms with Crippen molar-refractivity contribution in [3.8, 4) is 0 Å². The topological polar surface area (TPSA) is 73.4 Å². The van der Waals surface area contributed by atoms with Crippen LogP contribution in [0.25, 0.3) is 5.78 Å². The van der Waals surface area contributed by atoms with Crippen LogP contribution in [0.3, 0.4) is 0 Å². The van der Waals surface area contributed by atoms with Crippen molar-refractivity contribution in [3.05, 3.63) is 36.0 Å². The molecule has 0 radical (unpaired) electrons. The molecule has 0 bridgehead atoms. The molecule has 0 spiro atoms. The predicted octanol–water partition coefficient (Wildman–Crippen LogP) is 1.44. The number of fused-ring (bicyclic) bond motifs is 2. The van der Waals surface area contributed by atoms with Gasteiger partial charge in [0, 0.05) is 31.1 Å². The molecule has 1 atom stereocenters. The van der Waals surface area contributed by atoms with Crippen LogP contribution in [-0.2, 0) is 17.8 Å². The minimum absolute atomic E-state index is 0.105. The van der Waals surface area contributed by atoms with E-state index in [9.17, 15) is 0 Å². The van der Waals surface area contributed by atoms with Gasteiger partial charge < -0.3 is 9.64 Å². The monoisotopic (exact) mass is 339 g/mol. The fourth-order valence-electron chi connectivity index (χ4n) is 3.39. The van der Waals surface area contributed by atoms with Crippen molar-refractivity contribution in [2.45, 2.75) is 39.0 Å². The Labute approximate surface area is 145 Å². The second kappa shape index (κ2) is 5.80. The van der Waals surface area contributed by atoms with E-state index in [0.717, 1.165) is 43.7 Å². The SMILES string of the molecule is Cc1cc(N2Cc3ccnn3C[C@@H](OCC3CC3)C2)n2ncnc2n1. The third-order valence-electron chi connectivity index (χ3n) is 4.91. The Balaban J connectivity index is 1.50. The third kappa shape index (κ3) is 2.86. The number of rotatable bonds is 4. The Morgan fingerprint density at radius 2 is 2.16 bits per heavy atom. The quantitative estimate of drug-likeness (QED) is 0.716. The second-order valence-electron chi connectivity index (χ2n) is 7.01. The summed E-state index contributed by atoms with van der Waals surface area (Å²) < 4.78 is 10.1. The van der Waals surface area contributed by atoms with Crippen LogP contribution in [0.15, 0.2) is 24.7 Å². The molecule has 8 heteroatoms. The summed E-state index contributed by atoms with van der Waals surface area (Å²) in [5.41, 5.74) is 2.11. The van der Waals surface area contributed by atoms with E-state index in [4.69, 9.17) is 4.74 Å². The molecule has 0 unspecified atom stereocenters. The van der Waals surface area contributed by atoms with Crippen molar-refractivity contribution in [2.75, 3.05) is 18.1 Å². The van der Waals surface area contributed by atoms with Gasteiger partial charge in [0.2, 0.25) is 0 Å². The molecule has 1 aliphatic heterocycles. The summed E-state index contributed by atoms with van der Waals surface area (Å²) in [7, 11) is 0. The zero-order valence-electron chi connectivity index (χ0n) is 14.2. The summed E-state index contributed by atoms with van der Waals surface area (Å²) in [5, 5.41) is 8.83. The molecule has 5 rings (SSSR count). The Bertz CT molecular complexity index is 897. The van der Waals surface area contributed by atoms with Crippen molar-refractivity contribution in [3.63, 3.8) is 0 Å². The van der Waals surface area contributed by atoms with Gasteiger partial charge in [-0.2, -0.15) is 19.7 Å². The summed E-state index contributed by atoms with van der Waals surface area (Å²) in [6.45, 7) is 5.19. The van der Waals surface area contributed by atoms with Crippen LogP contribution < -0.4 is 4.90 Å².